The number of aryl methyl sites for hydroxylation is 1. The molecule has 0 aliphatic rings. The van der Waals surface area contributed by atoms with E-state index in [1.807, 2.05) is 85.7 Å². The van der Waals surface area contributed by atoms with E-state index in [0.29, 0.717) is 5.56 Å². The van der Waals surface area contributed by atoms with Gasteiger partial charge in [0.15, 0.2) is 0 Å². The minimum absolute atomic E-state index is 0.143. The second-order valence-electron chi connectivity index (χ2n) is 7.34. The van der Waals surface area contributed by atoms with E-state index >= 15 is 0 Å². The predicted molar refractivity (Wildman–Crippen MR) is 121 cm³/mol. The third kappa shape index (κ3) is 3.97. The van der Waals surface area contributed by atoms with Crippen molar-refractivity contribution in [3.05, 3.63) is 90.0 Å². The molecule has 0 radical (unpaired) electrons. The van der Waals surface area contributed by atoms with Gasteiger partial charge in [-0.2, -0.15) is 0 Å². The molecule has 4 rings (SSSR count). The van der Waals surface area contributed by atoms with E-state index in [9.17, 15) is 4.79 Å². The minimum Gasteiger partial charge on any atom is -0.378 e. The van der Waals surface area contributed by atoms with Crippen LogP contribution in [0.25, 0.3) is 22.2 Å². The van der Waals surface area contributed by atoms with E-state index in [0.717, 1.165) is 39.1 Å². The lowest BCUT2D eigenvalue weighted by molar-refractivity contribution is 0.102. The molecule has 1 N–H and O–H groups in total. The van der Waals surface area contributed by atoms with Gasteiger partial charge < -0.3 is 10.2 Å². The average Bonchev–Trinajstić information content (AvgIpc) is 2.73. The van der Waals surface area contributed by atoms with E-state index in [4.69, 9.17) is 4.98 Å². The summed E-state index contributed by atoms with van der Waals surface area (Å²) < 4.78 is 0. The van der Waals surface area contributed by atoms with Gasteiger partial charge in [0, 0.05) is 36.4 Å². The first-order valence-electron chi connectivity index (χ1n) is 9.57. The molecule has 4 heteroatoms. The molecule has 4 aromatic rings. The van der Waals surface area contributed by atoms with Crippen molar-refractivity contribution in [3.8, 4) is 11.3 Å². The Morgan fingerprint density at radius 3 is 2.38 bits per heavy atom. The van der Waals surface area contributed by atoms with Gasteiger partial charge in [-0.25, -0.2) is 4.98 Å². The number of benzene rings is 3. The largest absolute Gasteiger partial charge is 0.378 e. The molecule has 3 aromatic carbocycles. The first-order chi connectivity index (χ1) is 14.0. The lowest BCUT2D eigenvalue weighted by Gasteiger charge is -2.14. The number of fused-ring (bicyclic) bond motifs is 1. The van der Waals surface area contributed by atoms with Crippen LogP contribution in [0.5, 0.6) is 0 Å². The fraction of sp³-hybridized carbons (Fsp3) is 0.120. The Hall–Kier alpha value is -3.66. The van der Waals surface area contributed by atoms with Crippen molar-refractivity contribution >= 4 is 28.2 Å². The lowest BCUT2D eigenvalue weighted by atomic mass is 10.0. The van der Waals surface area contributed by atoms with Crippen molar-refractivity contribution in [2.24, 2.45) is 0 Å². The van der Waals surface area contributed by atoms with Crippen LogP contribution in [-0.2, 0) is 0 Å². The number of pyridine rings is 1. The molecule has 0 unspecified atom stereocenters. The summed E-state index contributed by atoms with van der Waals surface area (Å²) in [6.45, 7) is 2.05. The van der Waals surface area contributed by atoms with E-state index in [1.165, 1.54) is 0 Å². The van der Waals surface area contributed by atoms with Crippen molar-refractivity contribution in [2.45, 2.75) is 6.92 Å². The van der Waals surface area contributed by atoms with Crippen LogP contribution in [0.15, 0.2) is 78.9 Å². The summed E-state index contributed by atoms with van der Waals surface area (Å²) in [4.78, 5) is 20.0. The molecule has 1 heterocycles. The van der Waals surface area contributed by atoms with Crippen molar-refractivity contribution in [1.29, 1.82) is 0 Å². The maximum absolute atomic E-state index is 13.1. The highest BCUT2D eigenvalue weighted by Gasteiger charge is 2.14. The molecule has 0 spiro atoms. The van der Waals surface area contributed by atoms with Crippen molar-refractivity contribution in [2.75, 3.05) is 24.3 Å². The van der Waals surface area contributed by atoms with Crippen LogP contribution >= 0.6 is 0 Å². The molecule has 0 aliphatic carbocycles. The summed E-state index contributed by atoms with van der Waals surface area (Å²) in [6, 6.07) is 25.6. The Balaban J connectivity index is 1.74. The number of amides is 1. The highest BCUT2D eigenvalue weighted by atomic mass is 16.1. The van der Waals surface area contributed by atoms with E-state index in [2.05, 4.69) is 24.4 Å². The molecule has 0 atom stereocenters. The summed E-state index contributed by atoms with van der Waals surface area (Å²) in [5.41, 5.74) is 6.21. The molecule has 0 fully saturated rings. The van der Waals surface area contributed by atoms with Gasteiger partial charge in [-0.05, 0) is 49.4 Å². The highest BCUT2D eigenvalue weighted by Crippen LogP contribution is 2.26. The molecule has 1 amide bonds. The van der Waals surface area contributed by atoms with Crippen LogP contribution in [0.4, 0.5) is 11.4 Å². The zero-order valence-corrected chi connectivity index (χ0v) is 16.8. The smallest absolute Gasteiger partial charge is 0.256 e. The van der Waals surface area contributed by atoms with E-state index in [1.54, 1.807) is 0 Å². The molecule has 0 saturated carbocycles. The second-order valence-corrected chi connectivity index (χ2v) is 7.34. The normalized spacial score (nSPS) is 10.7. The van der Waals surface area contributed by atoms with E-state index in [-0.39, 0.29) is 5.91 Å². The first-order valence-corrected chi connectivity index (χ1v) is 9.57. The quantitative estimate of drug-likeness (QED) is 0.506. The number of rotatable bonds is 4. The maximum atomic E-state index is 13.1. The third-order valence-electron chi connectivity index (χ3n) is 4.92. The number of aromatic nitrogens is 1. The van der Waals surface area contributed by atoms with Crippen LogP contribution in [0, 0.1) is 6.92 Å². The second kappa shape index (κ2) is 7.76. The Kier molecular flexibility index (Phi) is 5.00. The fourth-order valence-corrected chi connectivity index (χ4v) is 3.36. The van der Waals surface area contributed by atoms with Crippen LogP contribution < -0.4 is 10.2 Å². The van der Waals surface area contributed by atoms with Crippen molar-refractivity contribution < 1.29 is 4.79 Å². The van der Waals surface area contributed by atoms with Gasteiger partial charge in [0.1, 0.15) is 0 Å². The Morgan fingerprint density at radius 2 is 1.66 bits per heavy atom. The molecule has 0 saturated heterocycles. The number of carbonyl (C=O) groups excluding carboxylic acids is 1. The first kappa shape index (κ1) is 18.7. The van der Waals surface area contributed by atoms with Gasteiger partial charge in [-0.15, -0.1) is 0 Å². The number of nitrogens with one attached hydrogen (secondary N) is 1. The van der Waals surface area contributed by atoms with Crippen LogP contribution in [0.2, 0.25) is 0 Å². The highest BCUT2D eigenvalue weighted by molar-refractivity contribution is 6.13. The summed E-state index contributed by atoms with van der Waals surface area (Å²) in [5, 5.41) is 3.86. The van der Waals surface area contributed by atoms with Gasteiger partial charge in [0.05, 0.1) is 16.8 Å². The third-order valence-corrected chi connectivity index (χ3v) is 4.92. The molecule has 0 bridgehead atoms. The van der Waals surface area contributed by atoms with Gasteiger partial charge in [-0.1, -0.05) is 42.0 Å². The molecular formula is C25H23N3O. The molecule has 29 heavy (non-hydrogen) atoms. The van der Waals surface area contributed by atoms with E-state index < -0.39 is 0 Å². The predicted octanol–water partition coefficient (Wildman–Crippen LogP) is 5.53. The number of nitrogens with zero attached hydrogens (tertiary/aromatic N) is 2. The number of para-hydroxylation sites is 1. The Labute approximate surface area is 170 Å². The standard InChI is InChI=1S/C25H23N3O/c1-17-7-6-8-18(15-17)24-16-22(21-9-4-5-10-23(21)27-24)25(29)26-19-11-13-20(14-12-19)28(2)3/h4-16H,1-3H3,(H,26,29). The topological polar surface area (TPSA) is 45.2 Å². The lowest BCUT2D eigenvalue weighted by Crippen LogP contribution is -2.13. The summed E-state index contributed by atoms with van der Waals surface area (Å²) in [5.74, 6) is -0.143. The Morgan fingerprint density at radius 1 is 0.897 bits per heavy atom. The molecular weight excluding hydrogens is 358 g/mol. The van der Waals surface area contributed by atoms with Gasteiger partial charge >= 0.3 is 0 Å². The molecule has 144 valence electrons. The maximum Gasteiger partial charge on any atom is 0.256 e. The number of anilines is 2. The zero-order chi connectivity index (χ0) is 20.4. The number of hydrogen-bond acceptors (Lipinski definition) is 3. The summed E-state index contributed by atoms with van der Waals surface area (Å²) in [6.07, 6.45) is 0. The fourth-order valence-electron chi connectivity index (χ4n) is 3.36. The summed E-state index contributed by atoms with van der Waals surface area (Å²) in [7, 11) is 3.98. The molecule has 0 aliphatic heterocycles. The Bertz CT molecular complexity index is 1180. The average molecular weight is 381 g/mol. The molecule has 4 nitrogen and oxygen atoms in total. The molecule has 1 aromatic heterocycles. The summed E-state index contributed by atoms with van der Waals surface area (Å²) >= 11 is 0. The number of carbonyl (C=O) groups is 1. The van der Waals surface area contributed by atoms with Crippen LogP contribution in [-0.4, -0.2) is 25.0 Å². The van der Waals surface area contributed by atoms with Gasteiger partial charge in [0.2, 0.25) is 0 Å². The van der Waals surface area contributed by atoms with Gasteiger partial charge in [-0.3, -0.25) is 4.79 Å². The number of hydrogen-bond donors (Lipinski definition) is 1. The SMILES string of the molecule is Cc1cccc(-c2cc(C(=O)Nc3ccc(N(C)C)cc3)c3ccccc3n2)c1. The van der Waals surface area contributed by atoms with Crippen molar-refractivity contribution in [1.82, 2.24) is 4.98 Å². The monoisotopic (exact) mass is 381 g/mol. The van der Waals surface area contributed by atoms with Crippen LogP contribution in [0.3, 0.4) is 0 Å². The van der Waals surface area contributed by atoms with Gasteiger partial charge in [0.25, 0.3) is 5.91 Å². The minimum atomic E-state index is -0.143. The van der Waals surface area contributed by atoms with Crippen molar-refractivity contribution in [3.63, 3.8) is 0 Å². The zero-order valence-electron chi connectivity index (χ0n) is 16.8. The van der Waals surface area contributed by atoms with Crippen LogP contribution in [0.1, 0.15) is 15.9 Å².